The van der Waals surface area contributed by atoms with E-state index < -0.39 is 0 Å². The molecule has 0 saturated heterocycles. The second-order valence-electron chi connectivity index (χ2n) is 9.88. The van der Waals surface area contributed by atoms with E-state index in [9.17, 15) is 0 Å². The molecule has 0 bridgehead atoms. The van der Waals surface area contributed by atoms with Gasteiger partial charge in [-0.1, -0.05) is 26.0 Å². The number of aryl methyl sites for hydroxylation is 1. The van der Waals surface area contributed by atoms with Gasteiger partial charge in [0.2, 0.25) is 0 Å². The Kier molecular flexibility index (Phi) is 6.48. The van der Waals surface area contributed by atoms with E-state index in [4.69, 9.17) is 4.98 Å². The Hall–Kier alpha value is -2.76. The van der Waals surface area contributed by atoms with Gasteiger partial charge in [0.25, 0.3) is 0 Å². The lowest BCUT2D eigenvalue weighted by molar-refractivity contribution is 0.582. The van der Waals surface area contributed by atoms with Crippen LogP contribution in [0.3, 0.4) is 0 Å². The van der Waals surface area contributed by atoms with Gasteiger partial charge in [0.1, 0.15) is 22.5 Å². The average Bonchev–Trinajstić information content (AvgIpc) is 3.72. The molecule has 0 spiro atoms. The van der Waals surface area contributed by atoms with Crippen LogP contribution in [-0.2, 0) is 6.42 Å². The summed E-state index contributed by atoms with van der Waals surface area (Å²) in [6, 6.07) is 14.4. The topological polar surface area (TPSA) is 50.7 Å². The van der Waals surface area contributed by atoms with Crippen molar-refractivity contribution in [2.75, 3.05) is 12.4 Å². The van der Waals surface area contributed by atoms with Crippen LogP contribution in [0.15, 0.2) is 48.7 Å². The molecule has 10 heteroatoms. The molecule has 4 nitrogen and oxygen atoms in total. The van der Waals surface area contributed by atoms with Crippen LogP contribution in [0, 0.1) is 11.7 Å². The fraction of sp³-hybridized carbons (Fsp3) is 0.207. The van der Waals surface area contributed by atoms with Crippen LogP contribution in [0.4, 0.5) is 9.39 Å². The summed E-state index contributed by atoms with van der Waals surface area (Å²) in [5, 5.41) is 4.38. The zero-order chi connectivity index (χ0) is 26.7. The number of benzene rings is 1. The summed E-state index contributed by atoms with van der Waals surface area (Å²) in [6.07, 6.45) is 3.90. The number of aromatic nitrogens is 3. The Morgan fingerprint density at radius 1 is 0.795 bits per heavy atom. The van der Waals surface area contributed by atoms with Crippen molar-refractivity contribution < 1.29 is 4.39 Å². The third-order valence-electron chi connectivity index (χ3n) is 6.76. The second kappa shape index (κ2) is 10.0. The van der Waals surface area contributed by atoms with Crippen molar-refractivity contribution in [1.82, 2.24) is 13.7 Å². The van der Waals surface area contributed by atoms with Crippen LogP contribution in [0.25, 0.3) is 61.3 Å². The standard InChI is InChI=1S/C29H23FN4S5/c1-14(2)4-5-15-6-7-16(18(30)8-15)19-9-21-22(35-19)10-20(36-21)17-13-32-28(29-27(17)33-39-34-29)25-11-23-24(37-25)12-26(31-3)38-23/h6-14,31H,4-5H2,1-3H3. The highest BCUT2D eigenvalue weighted by atomic mass is 32.1. The van der Waals surface area contributed by atoms with Crippen LogP contribution in [0.5, 0.6) is 0 Å². The SMILES string of the molecule is CNc1cc2sc(-c3ncc(-c4cc5sc(-c6ccc(CCC(C)C)cc6F)cc5s4)c4nsnc34)cc2s1. The number of rotatable bonds is 7. The molecule has 0 saturated carbocycles. The van der Waals surface area contributed by atoms with E-state index in [1.807, 2.05) is 19.3 Å². The van der Waals surface area contributed by atoms with E-state index in [0.717, 1.165) is 69.7 Å². The summed E-state index contributed by atoms with van der Waals surface area (Å²) in [5.74, 6) is 0.467. The Bertz CT molecular complexity index is 1910. The minimum atomic E-state index is -0.143. The van der Waals surface area contributed by atoms with E-state index in [-0.39, 0.29) is 5.82 Å². The molecular formula is C29H23FN4S5. The first-order chi connectivity index (χ1) is 19.0. The van der Waals surface area contributed by atoms with E-state index in [0.29, 0.717) is 11.5 Å². The van der Waals surface area contributed by atoms with Crippen molar-refractivity contribution in [1.29, 1.82) is 0 Å². The third kappa shape index (κ3) is 4.58. The zero-order valence-electron chi connectivity index (χ0n) is 21.4. The molecule has 1 aromatic carbocycles. The predicted molar refractivity (Wildman–Crippen MR) is 171 cm³/mol. The van der Waals surface area contributed by atoms with Crippen molar-refractivity contribution in [2.24, 2.45) is 5.92 Å². The molecule has 7 aromatic rings. The number of anilines is 1. The number of hydrogen-bond acceptors (Lipinski definition) is 9. The number of fused-ring (bicyclic) bond motifs is 3. The molecule has 0 fully saturated rings. The monoisotopic (exact) mass is 606 g/mol. The Morgan fingerprint density at radius 3 is 2.18 bits per heavy atom. The van der Waals surface area contributed by atoms with Crippen molar-refractivity contribution in [3.63, 3.8) is 0 Å². The third-order valence-corrected chi connectivity index (χ3v) is 12.0. The van der Waals surface area contributed by atoms with Crippen LogP contribution in [0.2, 0.25) is 0 Å². The van der Waals surface area contributed by atoms with Crippen LogP contribution < -0.4 is 5.32 Å². The van der Waals surface area contributed by atoms with Crippen molar-refractivity contribution >= 4 is 91.9 Å². The number of pyridine rings is 1. The quantitative estimate of drug-likeness (QED) is 0.196. The van der Waals surface area contributed by atoms with Gasteiger partial charge >= 0.3 is 0 Å². The molecule has 6 heterocycles. The first-order valence-electron chi connectivity index (χ1n) is 12.6. The lowest BCUT2D eigenvalue weighted by atomic mass is 10.0. The van der Waals surface area contributed by atoms with E-state index in [1.54, 1.807) is 51.4 Å². The Morgan fingerprint density at radius 2 is 1.46 bits per heavy atom. The van der Waals surface area contributed by atoms with Gasteiger partial charge in [0.05, 0.1) is 21.6 Å². The van der Waals surface area contributed by atoms with Gasteiger partial charge in [-0.3, -0.25) is 4.98 Å². The number of nitrogens with zero attached hydrogens (tertiary/aromatic N) is 3. The van der Waals surface area contributed by atoms with Gasteiger partial charge in [-0.15, -0.1) is 45.3 Å². The van der Waals surface area contributed by atoms with Gasteiger partial charge in [-0.05, 0) is 54.7 Å². The molecule has 196 valence electrons. The predicted octanol–water partition coefficient (Wildman–Crippen LogP) is 10.4. The fourth-order valence-corrected chi connectivity index (χ4v) is 9.92. The highest BCUT2D eigenvalue weighted by Gasteiger charge is 2.20. The smallest absolute Gasteiger partial charge is 0.132 e. The summed E-state index contributed by atoms with van der Waals surface area (Å²) < 4.78 is 29.1. The van der Waals surface area contributed by atoms with Crippen molar-refractivity contribution in [2.45, 2.75) is 26.7 Å². The minimum absolute atomic E-state index is 0.143. The summed E-state index contributed by atoms with van der Waals surface area (Å²) in [4.78, 5) is 8.05. The number of thiophene rings is 4. The maximum absolute atomic E-state index is 15.0. The molecule has 0 atom stereocenters. The first kappa shape index (κ1) is 25.2. The van der Waals surface area contributed by atoms with E-state index >= 15 is 4.39 Å². The van der Waals surface area contributed by atoms with Crippen LogP contribution >= 0.6 is 57.1 Å². The van der Waals surface area contributed by atoms with E-state index in [1.165, 1.54) is 21.1 Å². The molecule has 39 heavy (non-hydrogen) atoms. The highest BCUT2D eigenvalue weighted by Crippen LogP contribution is 2.45. The number of hydrogen-bond donors (Lipinski definition) is 1. The fourth-order valence-electron chi connectivity index (χ4n) is 4.68. The van der Waals surface area contributed by atoms with Gasteiger partial charge in [-0.2, -0.15) is 8.75 Å². The first-order valence-corrected chi connectivity index (χ1v) is 16.6. The average molecular weight is 607 g/mol. The molecule has 0 amide bonds. The summed E-state index contributed by atoms with van der Waals surface area (Å²) in [5.41, 5.74) is 5.34. The Labute approximate surface area is 245 Å². The van der Waals surface area contributed by atoms with Crippen LogP contribution in [0.1, 0.15) is 25.8 Å². The maximum atomic E-state index is 15.0. The van der Waals surface area contributed by atoms with Gasteiger partial charge < -0.3 is 5.32 Å². The largest absolute Gasteiger partial charge is 0.380 e. The summed E-state index contributed by atoms with van der Waals surface area (Å²) in [7, 11) is 1.95. The highest BCUT2D eigenvalue weighted by molar-refractivity contribution is 7.31. The molecule has 6 aromatic heterocycles. The van der Waals surface area contributed by atoms with Crippen molar-refractivity contribution in [3.05, 3.63) is 60.0 Å². The molecule has 0 aliphatic rings. The lowest BCUT2D eigenvalue weighted by Crippen LogP contribution is -1.93. The number of nitrogens with one attached hydrogen (secondary N) is 1. The summed E-state index contributed by atoms with van der Waals surface area (Å²) in [6.45, 7) is 4.40. The van der Waals surface area contributed by atoms with Crippen LogP contribution in [-0.4, -0.2) is 20.8 Å². The zero-order valence-corrected chi connectivity index (χ0v) is 25.5. The van der Waals surface area contributed by atoms with Crippen molar-refractivity contribution in [3.8, 4) is 31.5 Å². The molecule has 7 rings (SSSR count). The van der Waals surface area contributed by atoms with Gasteiger partial charge in [0, 0.05) is 52.9 Å². The normalized spacial score (nSPS) is 12.0. The lowest BCUT2D eigenvalue weighted by Gasteiger charge is -2.07. The molecule has 0 aliphatic carbocycles. The molecule has 0 unspecified atom stereocenters. The molecule has 1 N–H and O–H groups in total. The minimum Gasteiger partial charge on any atom is -0.380 e. The molecule has 0 radical (unpaired) electrons. The maximum Gasteiger partial charge on any atom is 0.132 e. The van der Waals surface area contributed by atoms with E-state index in [2.05, 4.69) is 58.2 Å². The summed E-state index contributed by atoms with van der Waals surface area (Å²) >= 11 is 8.03. The number of halogens is 1. The van der Waals surface area contributed by atoms with Gasteiger partial charge in [-0.25, -0.2) is 4.39 Å². The molecule has 0 aliphatic heterocycles. The van der Waals surface area contributed by atoms with Gasteiger partial charge in [0.15, 0.2) is 0 Å². The second-order valence-corrected chi connectivity index (χ2v) is 14.7. The molecular weight excluding hydrogens is 584 g/mol. The Balaban J connectivity index is 1.21.